The average Bonchev–Trinajstić information content (AvgIpc) is 2.31. The lowest BCUT2D eigenvalue weighted by molar-refractivity contribution is 0.450. The normalized spacial score (nSPS) is 11.0. The van der Waals surface area contributed by atoms with Crippen LogP contribution in [0, 0.1) is 13.8 Å². The smallest absolute Gasteiger partial charge is 0.128 e. The minimum absolute atomic E-state index is 0.0185. The van der Waals surface area contributed by atoms with Gasteiger partial charge in [-0.05, 0) is 37.1 Å². The molecule has 92 valence electrons. The Bertz CT molecular complexity index is 583. The van der Waals surface area contributed by atoms with Crippen LogP contribution < -0.4 is 0 Å². The number of phenolic OH excluding ortho intramolecular Hbond substituents is 2. The molecule has 0 amide bonds. The maximum atomic E-state index is 9.66. The van der Waals surface area contributed by atoms with Gasteiger partial charge in [-0.3, -0.25) is 4.99 Å². The Morgan fingerprint density at radius 1 is 1.00 bits per heavy atom. The van der Waals surface area contributed by atoms with Crippen LogP contribution in [-0.4, -0.2) is 16.4 Å². The van der Waals surface area contributed by atoms with E-state index in [0.717, 1.165) is 16.8 Å². The fourth-order valence-electron chi connectivity index (χ4n) is 1.78. The third-order valence-corrected chi connectivity index (χ3v) is 2.79. The zero-order valence-electron chi connectivity index (χ0n) is 10.4. The van der Waals surface area contributed by atoms with E-state index in [0.29, 0.717) is 5.56 Å². The summed E-state index contributed by atoms with van der Waals surface area (Å²) < 4.78 is 0. The summed E-state index contributed by atoms with van der Waals surface area (Å²) >= 11 is 0. The van der Waals surface area contributed by atoms with Gasteiger partial charge in [0, 0.05) is 17.8 Å². The van der Waals surface area contributed by atoms with Crippen LogP contribution in [0.5, 0.6) is 11.5 Å². The van der Waals surface area contributed by atoms with E-state index in [1.807, 2.05) is 32.0 Å². The number of phenols is 2. The van der Waals surface area contributed by atoms with Crippen molar-refractivity contribution >= 4 is 11.9 Å². The Labute approximate surface area is 106 Å². The van der Waals surface area contributed by atoms with Gasteiger partial charge in [-0.25, -0.2) is 0 Å². The van der Waals surface area contributed by atoms with Crippen LogP contribution >= 0.6 is 0 Å². The minimum atomic E-state index is 0.0185. The molecule has 2 N–H and O–H groups in total. The summed E-state index contributed by atoms with van der Waals surface area (Å²) in [5, 5.41) is 18.9. The summed E-state index contributed by atoms with van der Waals surface area (Å²) in [6.45, 7) is 3.99. The van der Waals surface area contributed by atoms with Crippen LogP contribution in [0.3, 0.4) is 0 Å². The lowest BCUT2D eigenvalue weighted by Crippen LogP contribution is -1.84. The molecule has 0 aliphatic rings. The standard InChI is InChI=1S/C15H15NO2/c1-10-4-3-5-11(2)15(10)16-9-12-6-7-13(17)8-14(12)18/h3-9,17-18H,1-2H3. The van der Waals surface area contributed by atoms with Crippen molar-refractivity contribution in [3.05, 3.63) is 53.1 Å². The Kier molecular flexibility index (Phi) is 3.33. The molecule has 2 rings (SSSR count). The van der Waals surface area contributed by atoms with E-state index >= 15 is 0 Å². The second kappa shape index (κ2) is 4.92. The molecule has 18 heavy (non-hydrogen) atoms. The Hall–Kier alpha value is -2.29. The van der Waals surface area contributed by atoms with Gasteiger partial charge in [0.2, 0.25) is 0 Å². The first-order valence-corrected chi connectivity index (χ1v) is 5.70. The molecule has 0 atom stereocenters. The van der Waals surface area contributed by atoms with Gasteiger partial charge in [-0.2, -0.15) is 0 Å². The van der Waals surface area contributed by atoms with E-state index in [2.05, 4.69) is 4.99 Å². The average molecular weight is 241 g/mol. The molecule has 0 spiro atoms. The van der Waals surface area contributed by atoms with Crippen LogP contribution in [0.15, 0.2) is 41.4 Å². The summed E-state index contributed by atoms with van der Waals surface area (Å²) in [6, 6.07) is 10.4. The van der Waals surface area contributed by atoms with Crippen molar-refractivity contribution in [3.8, 4) is 11.5 Å². The van der Waals surface area contributed by atoms with Gasteiger partial charge in [0.05, 0.1) is 5.69 Å². The van der Waals surface area contributed by atoms with Crippen molar-refractivity contribution in [1.29, 1.82) is 0 Å². The van der Waals surface area contributed by atoms with Gasteiger partial charge >= 0.3 is 0 Å². The quantitative estimate of drug-likeness (QED) is 0.791. The van der Waals surface area contributed by atoms with Gasteiger partial charge in [-0.15, -0.1) is 0 Å². The van der Waals surface area contributed by atoms with Crippen LogP contribution in [0.4, 0.5) is 5.69 Å². The maximum Gasteiger partial charge on any atom is 0.128 e. The third kappa shape index (κ3) is 2.51. The van der Waals surface area contributed by atoms with Gasteiger partial charge in [-0.1, -0.05) is 18.2 Å². The number of aromatic hydroxyl groups is 2. The van der Waals surface area contributed by atoms with Crippen LogP contribution in [0.25, 0.3) is 0 Å². The molecule has 0 unspecified atom stereocenters. The molecule has 0 saturated heterocycles. The van der Waals surface area contributed by atoms with Crippen LogP contribution in [0.1, 0.15) is 16.7 Å². The van der Waals surface area contributed by atoms with E-state index in [1.165, 1.54) is 12.1 Å². The highest BCUT2D eigenvalue weighted by Crippen LogP contribution is 2.25. The molecule has 3 heteroatoms. The van der Waals surface area contributed by atoms with Crippen LogP contribution in [-0.2, 0) is 0 Å². The van der Waals surface area contributed by atoms with Gasteiger partial charge in [0.1, 0.15) is 11.5 Å². The van der Waals surface area contributed by atoms with Crippen molar-refractivity contribution in [2.24, 2.45) is 4.99 Å². The molecule has 0 bridgehead atoms. The SMILES string of the molecule is Cc1cccc(C)c1N=Cc1ccc(O)cc1O. The van der Waals surface area contributed by atoms with Crippen molar-refractivity contribution in [2.75, 3.05) is 0 Å². The largest absolute Gasteiger partial charge is 0.508 e. The summed E-state index contributed by atoms with van der Waals surface area (Å²) in [4.78, 5) is 4.40. The van der Waals surface area contributed by atoms with E-state index in [1.54, 1.807) is 12.3 Å². The number of aliphatic imine (C=N–C) groups is 1. The number of benzene rings is 2. The Morgan fingerprint density at radius 3 is 2.28 bits per heavy atom. The number of hydrogen-bond donors (Lipinski definition) is 2. The van der Waals surface area contributed by atoms with E-state index < -0.39 is 0 Å². The van der Waals surface area contributed by atoms with E-state index in [-0.39, 0.29) is 11.5 Å². The summed E-state index contributed by atoms with van der Waals surface area (Å²) in [7, 11) is 0. The molecule has 3 nitrogen and oxygen atoms in total. The summed E-state index contributed by atoms with van der Waals surface area (Å²) in [5.41, 5.74) is 3.66. The first kappa shape index (κ1) is 12.2. The van der Waals surface area contributed by atoms with Crippen LogP contribution in [0.2, 0.25) is 0 Å². The van der Waals surface area contributed by atoms with E-state index in [9.17, 15) is 10.2 Å². The molecule has 0 saturated carbocycles. The Balaban J connectivity index is 2.36. The number of hydrogen-bond acceptors (Lipinski definition) is 3. The van der Waals surface area contributed by atoms with Crippen molar-refractivity contribution in [1.82, 2.24) is 0 Å². The molecule has 2 aromatic carbocycles. The molecular formula is C15H15NO2. The van der Waals surface area contributed by atoms with E-state index in [4.69, 9.17) is 0 Å². The topological polar surface area (TPSA) is 52.8 Å². The van der Waals surface area contributed by atoms with Gasteiger partial charge in [0.15, 0.2) is 0 Å². The Morgan fingerprint density at radius 2 is 1.67 bits per heavy atom. The lowest BCUT2D eigenvalue weighted by Gasteiger charge is -2.04. The fraction of sp³-hybridized carbons (Fsp3) is 0.133. The molecule has 0 fully saturated rings. The number of aryl methyl sites for hydroxylation is 2. The summed E-state index contributed by atoms with van der Waals surface area (Å²) in [6.07, 6.45) is 1.60. The first-order chi connectivity index (χ1) is 8.58. The summed E-state index contributed by atoms with van der Waals surface area (Å²) in [5.74, 6) is 0.0571. The highest BCUT2D eigenvalue weighted by atomic mass is 16.3. The molecule has 0 radical (unpaired) electrons. The minimum Gasteiger partial charge on any atom is -0.508 e. The first-order valence-electron chi connectivity index (χ1n) is 5.70. The molecule has 0 aliphatic heterocycles. The monoisotopic (exact) mass is 241 g/mol. The number of rotatable bonds is 2. The lowest BCUT2D eigenvalue weighted by atomic mass is 10.1. The third-order valence-electron chi connectivity index (χ3n) is 2.79. The second-order valence-electron chi connectivity index (χ2n) is 4.24. The zero-order valence-corrected chi connectivity index (χ0v) is 10.4. The van der Waals surface area contributed by atoms with Gasteiger partial charge < -0.3 is 10.2 Å². The molecular weight excluding hydrogens is 226 g/mol. The number of para-hydroxylation sites is 1. The van der Waals surface area contributed by atoms with Crippen molar-refractivity contribution in [2.45, 2.75) is 13.8 Å². The maximum absolute atomic E-state index is 9.66. The molecule has 0 aromatic heterocycles. The highest BCUT2D eigenvalue weighted by molar-refractivity contribution is 5.86. The molecule has 0 aliphatic carbocycles. The fourth-order valence-corrected chi connectivity index (χ4v) is 1.78. The predicted octanol–water partition coefficient (Wildman–Crippen LogP) is 3.47. The van der Waals surface area contributed by atoms with Gasteiger partial charge in [0.25, 0.3) is 0 Å². The van der Waals surface area contributed by atoms with Crippen molar-refractivity contribution < 1.29 is 10.2 Å². The highest BCUT2D eigenvalue weighted by Gasteiger charge is 2.01. The predicted molar refractivity (Wildman–Crippen MR) is 72.9 cm³/mol. The van der Waals surface area contributed by atoms with Crippen molar-refractivity contribution in [3.63, 3.8) is 0 Å². The number of nitrogens with zero attached hydrogens (tertiary/aromatic N) is 1. The molecule has 0 heterocycles. The second-order valence-corrected chi connectivity index (χ2v) is 4.24. The zero-order chi connectivity index (χ0) is 13.1. The molecule has 2 aromatic rings.